The summed E-state index contributed by atoms with van der Waals surface area (Å²) in [6, 6.07) is 60.4. The second-order valence-corrected chi connectivity index (χ2v) is 14.8. The third kappa shape index (κ3) is 4.66. The molecule has 8 aromatic carbocycles. The molecule has 2 aromatic heterocycles. The van der Waals surface area contributed by atoms with Gasteiger partial charge in [-0.25, -0.2) is 4.98 Å². The van der Waals surface area contributed by atoms with Crippen molar-refractivity contribution in [2.75, 3.05) is 4.90 Å². The Hall–Kier alpha value is -6.91. The van der Waals surface area contributed by atoms with E-state index in [0.29, 0.717) is 11.5 Å². The molecule has 0 spiro atoms. The van der Waals surface area contributed by atoms with Gasteiger partial charge in [0.1, 0.15) is 16.7 Å². The number of hydrogen-bond acceptors (Lipinski definition) is 4. The number of rotatable bonds is 5. The molecule has 0 bridgehead atoms. The van der Waals surface area contributed by atoms with E-state index in [-0.39, 0.29) is 5.41 Å². The highest BCUT2D eigenvalue weighted by atomic mass is 16.4. The van der Waals surface area contributed by atoms with Gasteiger partial charge in [0.2, 0.25) is 5.89 Å². The van der Waals surface area contributed by atoms with Crippen molar-refractivity contribution in [3.05, 3.63) is 181 Å². The molecule has 0 radical (unpaired) electrons. The Balaban J connectivity index is 1.12. The lowest BCUT2D eigenvalue weighted by molar-refractivity contribution is 0.617. The minimum absolute atomic E-state index is 0.141. The lowest BCUT2D eigenvalue weighted by Crippen LogP contribution is -2.16. The Kier molecular flexibility index (Phi) is 6.56. The zero-order valence-electron chi connectivity index (χ0n) is 29.9. The molecule has 0 fully saturated rings. The van der Waals surface area contributed by atoms with E-state index in [9.17, 15) is 0 Å². The van der Waals surface area contributed by atoms with Gasteiger partial charge in [-0.15, -0.1) is 0 Å². The highest BCUT2D eigenvalue weighted by molar-refractivity contribution is 6.10. The highest BCUT2D eigenvalue weighted by Crippen LogP contribution is 2.51. The third-order valence-corrected chi connectivity index (χ3v) is 11.3. The van der Waals surface area contributed by atoms with E-state index < -0.39 is 0 Å². The van der Waals surface area contributed by atoms with Crippen LogP contribution in [0.4, 0.5) is 17.1 Å². The first kappa shape index (κ1) is 30.7. The molecular formula is C50H34N2O2. The number of para-hydroxylation sites is 1. The van der Waals surface area contributed by atoms with Gasteiger partial charge in [0.25, 0.3) is 0 Å². The van der Waals surface area contributed by atoms with Gasteiger partial charge < -0.3 is 13.7 Å². The van der Waals surface area contributed by atoms with Crippen molar-refractivity contribution >= 4 is 60.9 Å². The highest BCUT2D eigenvalue weighted by Gasteiger charge is 2.36. The van der Waals surface area contributed by atoms with Crippen molar-refractivity contribution < 1.29 is 8.83 Å². The van der Waals surface area contributed by atoms with Crippen molar-refractivity contribution in [2.45, 2.75) is 19.3 Å². The van der Waals surface area contributed by atoms with Crippen LogP contribution in [0.5, 0.6) is 0 Å². The molecule has 0 atom stereocenters. The summed E-state index contributed by atoms with van der Waals surface area (Å²) in [5.74, 6) is 0.599. The lowest BCUT2D eigenvalue weighted by Gasteiger charge is -2.30. The van der Waals surface area contributed by atoms with Crippen LogP contribution in [0.25, 0.3) is 77.5 Å². The molecule has 4 heteroatoms. The quantitative estimate of drug-likeness (QED) is 0.180. The van der Waals surface area contributed by atoms with Crippen molar-refractivity contribution in [1.82, 2.24) is 4.98 Å². The summed E-state index contributed by atoms with van der Waals surface area (Å²) in [5, 5.41) is 4.47. The SMILES string of the molecule is CC1(C)c2ccccc2-c2ccc(N(c3ccc4oc5cc6oc(-c7ccccc7)nc6cc5c4c3)c3ccccc3-c3ccc4ccccc4c3)cc21. The number of furan rings is 1. The topological polar surface area (TPSA) is 42.4 Å². The zero-order valence-corrected chi connectivity index (χ0v) is 29.9. The number of aromatic nitrogens is 1. The molecule has 1 aliphatic rings. The van der Waals surface area contributed by atoms with Crippen LogP contribution in [0.2, 0.25) is 0 Å². The molecule has 0 aliphatic heterocycles. The predicted molar refractivity (Wildman–Crippen MR) is 222 cm³/mol. The van der Waals surface area contributed by atoms with E-state index in [0.717, 1.165) is 55.6 Å². The van der Waals surface area contributed by atoms with E-state index in [4.69, 9.17) is 13.8 Å². The maximum atomic E-state index is 6.47. The molecule has 0 saturated heterocycles. The number of hydrogen-bond donors (Lipinski definition) is 0. The molecular weight excluding hydrogens is 661 g/mol. The van der Waals surface area contributed by atoms with E-state index in [1.807, 2.05) is 36.4 Å². The van der Waals surface area contributed by atoms with Crippen LogP contribution in [0.1, 0.15) is 25.0 Å². The first-order chi connectivity index (χ1) is 26.5. The number of fused-ring (bicyclic) bond motifs is 8. The molecule has 0 saturated carbocycles. The van der Waals surface area contributed by atoms with Crippen LogP contribution in [0.15, 0.2) is 179 Å². The second kappa shape index (κ2) is 11.5. The summed E-state index contributed by atoms with van der Waals surface area (Å²) in [4.78, 5) is 7.29. The molecule has 10 aromatic rings. The molecule has 0 unspecified atom stereocenters. The van der Waals surface area contributed by atoms with Gasteiger partial charge in [-0.05, 0) is 99.3 Å². The number of nitrogens with zero attached hydrogens (tertiary/aromatic N) is 2. The monoisotopic (exact) mass is 694 g/mol. The van der Waals surface area contributed by atoms with Crippen molar-refractivity contribution in [1.29, 1.82) is 0 Å². The average Bonchev–Trinajstić information content (AvgIpc) is 3.87. The summed E-state index contributed by atoms with van der Waals surface area (Å²) in [5.41, 5.74) is 14.7. The van der Waals surface area contributed by atoms with Crippen molar-refractivity contribution in [2.24, 2.45) is 0 Å². The Labute approximate surface area is 312 Å². The Morgan fingerprint density at radius 3 is 2.06 bits per heavy atom. The molecule has 0 amide bonds. The largest absolute Gasteiger partial charge is 0.456 e. The van der Waals surface area contributed by atoms with Gasteiger partial charge in [0.15, 0.2) is 5.58 Å². The zero-order chi connectivity index (χ0) is 36.0. The van der Waals surface area contributed by atoms with Crippen molar-refractivity contribution in [3.63, 3.8) is 0 Å². The predicted octanol–water partition coefficient (Wildman–Crippen LogP) is 14.0. The smallest absolute Gasteiger partial charge is 0.227 e. The van der Waals surface area contributed by atoms with Crippen LogP contribution in [-0.4, -0.2) is 4.98 Å². The van der Waals surface area contributed by atoms with Gasteiger partial charge in [-0.2, -0.15) is 0 Å². The fraction of sp³-hybridized carbons (Fsp3) is 0.0600. The summed E-state index contributed by atoms with van der Waals surface area (Å²) < 4.78 is 12.7. The summed E-state index contributed by atoms with van der Waals surface area (Å²) in [6.07, 6.45) is 0. The Morgan fingerprint density at radius 1 is 0.463 bits per heavy atom. The summed E-state index contributed by atoms with van der Waals surface area (Å²) in [7, 11) is 0. The van der Waals surface area contributed by atoms with Crippen LogP contribution >= 0.6 is 0 Å². The maximum absolute atomic E-state index is 6.47. The van der Waals surface area contributed by atoms with Gasteiger partial charge in [-0.3, -0.25) is 0 Å². The fourth-order valence-electron chi connectivity index (χ4n) is 8.56. The second-order valence-electron chi connectivity index (χ2n) is 14.8. The van der Waals surface area contributed by atoms with Crippen molar-refractivity contribution in [3.8, 4) is 33.7 Å². The normalized spacial score (nSPS) is 13.1. The number of benzene rings is 8. The molecule has 4 nitrogen and oxygen atoms in total. The Bertz CT molecular complexity index is 3100. The summed E-state index contributed by atoms with van der Waals surface area (Å²) >= 11 is 0. The van der Waals surface area contributed by atoms with E-state index in [1.165, 1.54) is 38.6 Å². The standard InChI is InChI=1S/C50H34N2O2/c1-50(2)42-18-10-8-17-38(42)39-24-22-36(28-43(39)50)52(45-19-11-9-16-37(45)34-21-20-31-12-6-7-15-33(31)26-34)35-23-25-46-40(27-35)41-29-44-48(30-47(41)53-46)54-49(51-44)32-13-4-3-5-14-32/h3-30H,1-2H3. The fourth-order valence-corrected chi connectivity index (χ4v) is 8.56. The van der Waals surface area contributed by atoms with Crippen LogP contribution in [0, 0.1) is 0 Å². The van der Waals surface area contributed by atoms with Gasteiger partial charge in [0, 0.05) is 44.8 Å². The molecule has 256 valence electrons. The molecule has 0 N–H and O–H groups in total. The molecule has 11 rings (SSSR count). The van der Waals surface area contributed by atoms with E-state index >= 15 is 0 Å². The van der Waals surface area contributed by atoms with Crippen LogP contribution in [0.3, 0.4) is 0 Å². The number of oxazole rings is 1. The molecule has 54 heavy (non-hydrogen) atoms. The molecule has 2 heterocycles. The van der Waals surface area contributed by atoms with E-state index in [1.54, 1.807) is 0 Å². The van der Waals surface area contributed by atoms with Gasteiger partial charge in [-0.1, -0.05) is 117 Å². The molecule has 1 aliphatic carbocycles. The van der Waals surface area contributed by atoms with Gasteiger partial charge in [0.05, 0.1) is 5.69 Å². The van der Waals surface area contributed by atoms with Crippen LogP contribution < -0.4 is 4.90 Å². The Morgan fingerprint density at radius 2 is 1.17 bits per heavy atom. The van der Waals surface area contributed by atoms with Gasteiger partial charge >= 0.3 is 0 Å². The average molecular weight is 695 g/mol. The minimum Gasteiger partial charge on any atom is -0.456 e. The lowest BCUT2D eigenvalue weighted by atomic mass is 9.82. The first-order valence-electron chi connectivity index (χ1n) is 18.4. The third-order valence-electron chi connectivity index (χ3n) is 11.3. The summed E-state index contributed by atoms with van der Waals surface area (Å²) in [6.45, 7) is 4.68. The first-order valence-corrected chi connectivity index (χ1v) is 18.4. The minimum atomic E-state index is -0.141. The number of anilines is 3. The maximum Gasteiger partial charge on any atom is 0.227 e. The van der Waals surface area contributed by atoms with Crippen LogP contribution in [-0.2, 0) is 5.41 Å². The van der Waals surface area contributed by atoms with E-state index in [2.05, 4.69) is 152 Å².